The van der Waals surface area contributed by atoms with Crippen molar-refractivity contribution in [2.24, 2.45) is 0 Å². The molecule has 0 unspecified atom stereocenters. The highest BCUT2D eigenvalue weighted by molar-refractivity contribution is 5.68. The number of aromatic nitrogens is 1. The number of rotatable bonds is 7. The molecule has 0 aliphatic carbocycles. The van der Waals surface area contributed by atoms with Crippen LogP contribution in [0.4, 0.5) is 5.69 Å². The molecule has 0 fully saturated rings. The Hall–Kier alpha value is -2.76. The second-order valence-electron chi connectivity index (χ2n) is 6.32. The van der Waals surface area contributed by atoms with Gasteiger partial charge in [-0.2, -0.15) is 0 Å². The van der Waals surface area contributed by atoms with E-state index in [-0.39, 0.29) is 18.2 Å². The SMILES string of the molecule is Cc1cc(CNc2cccn(C(C)C)c2=O)cc(C)c1OCC(=O)O. The van der Waals surface area contributed by atoms with Crippen LogP contribution >= 0.6 is 0 Å². The van der Waals surface area contributed by atoms with E-state index in [1.165, 1.54) is 0 Å². The van der Waals surface area contributed by atoms with E-state index in [4.69, 9.17) is 9.84 Å². The second kappa shape index (κ2) is 7.88. The zero-order valence-corrected chi connectivity index (χ0v) is 15.0. The van der Waals surface area contributed by atoms with Crippen molar-refractivity contribution in [3.63, 3.8) is 0 Å². The van der Waals surface area contributed by atoms with Crippen molar-refractivity contribution in [2.45, 2.75) is 40.3 Å². The molecular weight excluding hydrogens is 320 g/mol. The van der Waals surface area contributed by atoms with Gasteiger partial charge in [0.1, 0.15) is 11.4 Å². The second-order valence-corrected chi connectivity index (χ2v) is 6.32. The molecule has 1 aromatic carbocycles. The Morgan fingerprint density at radius 2 is 1.92 bits per heavy atom. The third kappa shape index (κ3) is 4.62. The Kier molecular flexibility index (Phi) is 5.85. The standard InChI is InChI=1S/C19H24N2O4/c1-12(2)21-7-5-6-16(19(21)24)20-10-15-8-13(3)18(14(4)9-15)25-11-17(22)23/h5-9,12,20H,10-11H2,1-4H3,(H,22,23). The number of aliphatic carboxylic acids is 1. The van der Waals surface area contributed by atoms with Crippen LogP contribution in [0.15, 0.2) is 35.3 Å². The van der Waals surface area contributed by atoms with Crippen LogP contribution in [0, 0.1) is 13.8 Å². The highest BCUT2D eigenvalue weighted by Crippen LogP contribution is 2.25. The van der Waals surface area contributed by atoms with E-state index in [0.29, 0.717) is 18.0 Å². The molecule has 0 aliphatic heterocycles. The molecule has 0 saturated heterocycles. The number of hydrogen-bond donors (Lipinski definition) is 2. The minimum absolute atomic E-state index is 0.0487. The molecule has 0 aliphatic rings. The lowest BCUT2D eigenvalue weighted by Gasteiger charge is -2.15. The van der Waals surface area contributed by atoms with Gasteiger partial charge in [0.25, 0.3) is 5.56 Å². The van der Waals surface area contributed by atoms with E-state index in [2.05, 4.69) is 5.32 Å². The first-order valence-electron chi connectivity index (χ1n) is 8.19. The van der Waals surface area contributed by atoms with Crippen LogP contribution in [0.3, 0.4) is 0 Å². The summed E-state index contributed by atoms with van der Waals surface area (Å²) in [6.45, 7) is 7.82. The minimum atomic E-state index is -1.00. The number of carboxylic acid groups (broad SMARTS) is 1. The largest absolute Gasteiger partial charge is 0.481 e. The third-order valence-corrected chi connectivity index (χ3v) is 3.87. The molecule has 6 heteroatoms. The summed E-state index contributed by atoms with van der Waals surface area (Å²) in [5.41, 5.74) is 3.23. The van der Waals surface area contributed by atoms with Gasteiger partial charge < -0.3 is 19.7 Å². The average Bonchev–Trinajstić information content (AvgIpc) is 2.52. The molecule has 2 rings (SSSR count). The number of pyridine rings is 1. The zero-order valence-electron chi connectivity index (χ0n) is 15.0. The van der Waals surface area contributed by atoms with E-state index in [9.17, 15) is 9.59 Å². The summed E-state index contributed by atoms with van der Waals surface area (Å²) in [7, 11) is 0. The van der Waals surface area contributed by atoms with Crippen LogP contribution in [0.2, 0.25) is 0 Å². The van der Waals surface area contributed by atoms with Gasteiger partial charge in [-0.3, -0.25) is 4.79 Å². The molecule has 2 aromatic rings. The summed E-state index contributed by atoms with van der Waals surface area (Å²) in [5, 5.41) is 11.9. The van der Waals surface area contributed by atoms with E-state index in [1.807, 2.05) is 45.9 Å². The number of carboxylic acids is 1. The zero-order chi connectivity index (χ0) is 18.6. The fraction of sp³-hybridized carbons (Fsp3) is 0.368. The highest BCUT2D eigenvalue weighted by Gasteiger charge is 2.10. The lowest BCUT2D eigenvalue weighted by molar-refractivity contribution is -0.139. The molecule has 0 atom stereocenters. The van der Waals surface area contributed by atoms with Gasteiger partial charge in [0, 0.05) is 18.8 Å². The monoisotopic (exact) mass is 344 g/mol. The number of nitrogens with one attached hydrogen (secondary N) is 1. The summed E-state index contributed by atoms with van der Waals surface area (Å²) in [4.78, 5) is 23.1. The number of hydrogen-bond acceptors (Lipinski definition) is 4. The lowest BCUT2D eigenvalue weighted by Crippen LogP contribution is -2.24. The van der Waals surface area contributed by atoms with Gasteiger partial charge in [-0.05, 0) is 56.5 Å². The Morgan fingerprint density at radius 1 is 1.28 bits per heavy atom. The molecule has 0 radical (unpaired) electrons. The molecule has 0 bridgehead atoms. The van der Waals surface area contributed by atoms with Crippen molar-refractivity contribution in [1.29, 1.82) is 0 Å². The normalized spacial score (nSPS) is 10.8. The minimum Gasteiger partial charge on any atom is -0.481 e. The van der Waals surface area contributed by atoms with Gasteiger partial charge in [0.05, 0.1) is 0 Å². The molecule has 0 spiro atoms. The van der Waals surface area contributed by atoms with Crippen molar-refractivity contribution in [2.75, 3.05) is 11.9 Å². The molecule has 6 nitrogen and oxygen atoms in total. The van der Waals surface area contributed by atoms with Crippen LogP contribution in [-0.2, 0) is 11.3 Å². The van der Waals surface area contributed by atoms with Crippen LogP contribution in [0.5, 0.6) is 5.75 Å². The number of aryl methyl sites for hydroxylation is 2. The summed E-state index contributed by atoms with van der Waals surface area (Å²) in [6.07, 6.45) is 1.78. The molecule has 2 N–H and O–H groups in total. The van der Waals surface area contributed by atoms with Crippen molar-refractivity contribution in [3.05, 3.63) is 57.5 Å². The Morgan fingerprint density at radius 3 is 2.48 bits per heavy atom. The predicted octanol–water partition coefficient (Wildman–Crippen LogP) is 3.12. The maximum atomic E-state index is 12.4. The van der Waals surface area contributed by atoms with Crippen LogP contribution in [0.1, 0.15) is 36.6 Å². The number of nitrogens with zero attached hydrogens (tertiary/aromatic N) is 1. The quantitative estimate of drug-likeness (QED) is 0.806. The smallest absolute Gasteiger partial charge is 0.341 e. The summed E-state index contributed by atoms with van der Waals surface area (Å²) < 4.78 is 7.02. The third-order valence-electron chi connectivity index (χ3n) is 3.87. The maximum Gasteiger partial charge on any atom is 0.341 e. The van der Waals surface area contributed by atoms with E-state index >= 15 is 0 Å². The van der Waals surface area contributed by atoms with E-state index in [1.54, 1.807) is 16.8 Å². The van der Waals surface area contributed by atoms with Gasteiger partial charge in [0.15, 0.2) is 6.61 Å². The van der Waals surface area contributed by atoms with Crippen LogP contribution in [-0.4, -0.2) is 22.2 Å². The number of benzene rings is 1. The van der Waals surface area contributed by atoms with Gasteiger partial charge in [0.2, 0.25) is 0 Å². The Bertz CT molecular complexity index is 801. The van der Waals surface area contributed by atoms with Crippen molar-refractivity contribution in [1.82, 2.24) is 4.57 Å². The molecular formula is C19H24N2O4. The number of anilines is 1. The summed E-state index contributed by atoms with van der Waals surface area (Å²) in [5.74, 6) is -0.414. The topological polar surface area (TPSA) is 80.6 Å². The van der Waals surface area contributed by atoms with Gasteiger partial charge >= 0.3 is 5.97 Å². The average molecular weight is 344 g/mol. The lowest BCUT2D eigenvalue weighted by atomic mass is 10.1. The predicted molar refractivity (Wildman–Crippen MR) is 97.5 cm³/mol. The van der Waals surface area contributed by atoms with Crippen molar-refractivity contribution >= 4 is 11.7 Å². The maximum absolute atomic E-state index is 12.4. The van der Waals surface area contributed by atoms with E-state index in [0.717, 1.165) is 16.7 Å². The fourth-order valence-corrected chi connectivity index (χ4v) is 2.75. The van der Waals surface area contributed by atoms with Crippen molar-refractivity contribution in [3.8, 4) is 5.75 Å². The first-order chi connectivity index (χ1) is 11.8. The highest BCUT2D eigenvalue weighted by atomic mass is 16.5. The van der Waals surface area contributed by atoms with Gasteiger partial charge in [-0.25, -0.2) is 4.79 Å². The van der Waals surface area contributed by atoms with Gasteiger partial charge in [-0.1, -0.05) is 12.1 Å². The number of ether oxygens (including phenoxy) is 1. The summed E-state index contributed by atoms with van der Waals surface area (Å²) >= 11 is 0. The Labute approximate surface area is 147 Å². The Balaban J connectivity index is 2.15. The number of carbonyl (C=O) groups is 1. The fourth-order valence-electron chi connectivity index (χ4n) is 2.75. The molecule has 0 saturated carbocycles. The molecule has 134 valence electrons. The van der Waals surface area contributed by atoms with E-state index < -0.39 is 5.97 Å². The first-order valence-corrected chi connectivity index (χ1v) is 8.19. The van der Waals surface area contributed by atoms with Crippen LogP contribution < -0.4 is 15.6 Å². The van der Waals surface area contributed by atoms with Gasteiger partial charge in [-0.15, -0.1) is 0 Å². The molecule has 0 amide bonds. The molecule has 1 aromatic heterocycles. The molecule has 1 heterocycles. The van der Waals surface area contributed by atoms with Crippen LogP contribution in [0.25, 0.3) is 0 Å². The van der Waals surface area contributed by atoms with Crippen molar-refractivity contribution < 1.29 is 14.6 Å². The summed E-state index contributed by atoms with van der Waals surface area (Å²) in [6, 6.07) is 7.58. The first kappa shape index (κ1) is 18.6. The molecule has 25 heavy (non-hydrogen) atoms.